The van der Waals surface area contributed by atoms with E-state index < -0.39 is 14.6 Å². The van der Waals surface area contributed by atoms with E-state index in [1.807, 2.05) is 0 Å². The summed E-state index contributed by atoms with van der Waals surface area (Å²) >= 11 is 0. The molecule has 98 valence electrons. The van der Waals surface area contributed by atoms with Crippen LogP contribution in [0.25, 0.3) is 0 Å². The lowest BCUT2D eigenvalue weighted by Crippen LogP contribution is -2.39. The summed E-state index contributed by atoms with van der Waals surface area (Å²) in [6.07, 6.45) is 2.47. The van der Waals surface area contributed by atoms with Gasteiger partial charge < -0.3 is 4.74 Å². The molecule has 5 heteroatoms. The minimum Gasteiger partial charge on any atom is -0.497 e. The van der Waals surface area contributed by atoms with E-state index >= 15 is 0 Å². The number of benzene rings is 1. The first-order chi connectivity index (χ1) is 8.41. The van der Waals surface area contributed by atoms with E-state index in [4.69, 9.17) is 4.74 Å². The number of Topliss-reactive ketones (excluding diaryl/α,β-unsaturated/α-hetero) is 1. The summed E-state index contributed by atoms with van der Waals surface area (Å²) in [6, 6.07) is 6.72. The summed E-state index contributed by atoms with van der Waals surface area (Å²) < 4.78 is 27.8. The number of carbonyl (C=O) groups is 1. The highest BCUT2D eigenvalue weighted by Gasteiger charge is 2.51. The predicted octanol–water partition coefficient (Wildman–Crippen LogP) is 1.69. The van der Waals surface area contributed by atoms with Gasteiger partial charge in [-0.2, -0.15) is 0 Å². The lowest BCUT2D eigenvalue weighted by Gasteiger charge is -2.25. The Balaban J connectivity index is 2.57. The fourth-order valence-electron chi connectivity index (χ4n) is 2.61. The minimum absolute atomic E-state index is 0.199. The number of methoxy groups -OCH3 is 1. The average Bonchev–Trinajstić information content (AvgIpc) is 2.72. The van der Waals surface area contributed by atoms with Gasteiger partial charge in [0.05, 0.1) is 7.11 Å². The van der Waals surface area contributed by atoms with Gasteiger partial charge in [0.15, 0.2) is 20.4 Å². The second-order valence-electron chi connectivity index (χ2n) is 4.60. The van der Waals surface area contributed by atoms with Crippen LogP contribution in [0.15, 0.2) is 24.3 Å². The third-order valence-electron chi connectivity index (χ3n) is 3.57. The van der Waals surface area contributed by atoms with Crippen LogP contribution in [0.4, 0.5) is 0 Å². The molecule has 0 bridgehead atoms. The van der Waals surface area contributed by atoms with Crippen molar-refractivity contribution in [3.8, 4) is 5.75 Å². The standard InChI is InChI=1S/C13H16O4S/c1-17-11-7-5-10(6-8-11)13(18(2,15)16)9-3-4-12(13)14/h5-8H,3-4,9H2,1-2H3. The van der Waals surface area contributed by atoms with Gasteiger partial charge in [-0.05, 0) is 30.5 Å². The summed E-state index contributed by atoms with van der Waals surface area (Å²) in [5.41, 5.74) is 0.549. The first kappa shape index (κ1) is 13.1. The molecule has 2 rings (SSSR count). The Morgan fingerprint density at radius 1 is 1.22 bits per heavy atom. The molecule has 18 heavy (non-hydrogen) atoms. The molecule has 0 aromatic heterocycles. The van der Waals surface area contributed by atoms with E-state index in [-0.39, 0.29) is 5.78 Å². The molecule has 1 atom stereocenters. The Labute approximate surface area is 107 Å². The Morgan fingerprint density at radius 3 is 2.22 bits per heavy atom. The molecule has 0 N–H and O–H groups in total. The van der Waals surface area contributed by atoms with Crippen molar-refractivity contribution in [1.82, 2.24) is 0 Å². The lowest BCUT2D eigenvalue weighted by atomic mass is 9.95. The molecule has 1 aliphatic carbocycles. The van der Waals surface area contributed by atoms with E-state index in [1.165, 1.54) is 0 Å². The molecule has 0 amide bonds. The van der Waals surface area contributed by atoms with Gasteiger partial charge in [-0.3, -0.25) is 4.79 Å². The SMILES string of the molecule is COc1ccc(C2(S(C)(=O)=O)CCCC2=O)cc1. The quantitative estimate of drug-likeness (QED) is 0.837. The maximum atomic E-state index is 12.1. The van der Waals surface area contributed by atoms with Gasteiger partial charge in [0, 0.05) is 12.7 Å². The summed E-state index contributed by atoms with van der Waals surface area (Å²) in [5.74, 6) is 0.447. The van der Waals surface area contributed by atoms with Crippen molar-refractivity contribution in [1.29, 1.82) is 0 Å². The molecule has 0 radical (unpaired) electrons. The number of hydrogen-bond donors (Lipinski definition) is 0. The predicted molar refractivity (Wildman–Crippen MR) is 68.4 cm³/mol. The van der Waals surface area contributed by atoms with Crippen LogP contribution in [0.2, 0.25) is 0 Å². The number of ketones is 1. The van der Waals surface area contributed by atoms with Crippen LogP contribution in [0, 0.1) is 0 Å². The number of sulfone groups is 1. The topological polar surface area (TPSA) is 60.4 Å². The number of rotatable bonds is 3. The van der Waals surface area contributed by atoms with E-state index in [1.54, 1.807) is 31.4 Å². The van der Waals surface area contributed by atoms with Gasteiger partial charge in [0.25, 0.3) is 0 Å². The van der Waals surface area contributed by atoms with E-state index in [2.05, 4.69) is 0 Å². The van der Waals surface area contributed by atoms with Crippen molar-refractivity contribution in [3.05, 3.63) is 29.8 Å². The zero-order valence-corrected chi connectivity index (χ0v) is 11.3. The van der Waals surface area contributed by atoms with Crippen molar-refractivity contribution in [3.63, 3.8) is 0 Å². The Hall–Kier alpha value is -1.36. The van der Waals surface area contributed by atoms with Crippen molar-refractivity contribution < 1.29 is 17.9 Å². The number of hydrogen-bond acceptors (Lipinski definition) is 4. The van der Waals surface area contributed by atoms with Crippen molar-refractivity contribution >= 4 is 15.6 Å². The molecule has 1 aromatic rings. The molecule has 1 aliphatic rings. The van der Waals surface area contributed by atoms with Crippen LogP contribution in [-0.4, -0.2) is 27.6 Å². The first-order valence-electron chi connectivity index (χ1n) is 5.79. The summed E-state index contributed by atoms with van der Waals surface area (Å²) in [6.45, 7) is 0. The molecule has 0 heterocycles. The molecule has 1 fully saturated rings. The van der Waals surface area contributed by atoms with Crippen molar-refractivity contribution in [2.75, 3.05) is 13.4 Å². The largest absolute Gasteiger partial charge is 0.497 e. The highest BCUT2D eigenvalue weighted by Crippen LogP contribution is 2.42. The fourth-order valence-corrected chi connectivity index (χ4v) is 4.21. The van der Waals surface area contributed by atoms with Crippen LogP contribution >= 0.6 is 0 Å². The van der Waals surface area contributed by atoms with Crippen LogP contribution in [0.1, 0.15) is 24.8 Å². The molecule has 0 spiro atoms. The molecular weight excluding hydrogens is 252 g/mol. The van der Waals surface area contributed by atoms with Gasteiger partial charge in [-0.25, -0.2) is 8.42 Å². The van der Waals surface area contributed by atoms with Gasteiger partial charge in [-0.1, -0.05) is 12.1 Å². The molecule has 1 saturated carbocycles. The van der Waals surface area contributed by atoms with Gasteiger partial charge in [0.2, 0.25) is 0 Å². The van der Waals surface area contributed by atoms with Crippen LogP contribution < -0.4 is 4.74 Å². The maximum Gasteiger partial charge on any atom is 0.164 e. The molecular formula is C13H16O4S. The average molecular weight is 268 g/mol. The van der Waals surface area contributed by atoms with E-state index in [0.29, 0.717) is 30.6 Å². The first-order valence-corrected chi connectivity index (χ1v) is 7.68. The van der Waals surface area contributed by atoms with Gasteiger partial charge >= 0.3 is 0 Å². The second-order valence-corrected chi connectivity index (χ2v) is 6.85. The zero-order chi connectivity index (χ0) is 13.4. The highest BCUT2D eigenvalue weighted by atomic mass is 32.2. The van der Waals surface area contributed by atoms with Crippen molar-refractivity contribution in [2.45, 2.75) is 24.0 Å². The highest BCUT2D eigenvalue weighted by molar-refractivity contribution is 7.92. The number of ether oxygens (including phenoxy) is 1. The third-order valence-corrected chi connectivity index (χ3v) is 5.51. The zero-order valence-electron chi connectivity index (χ0n) is 10.5. The van der Waals surface area contributed by atoms with Gasteiger partial charge in [-0.15, -0.1) is 0 Å². The Bertz CT molecular complexity index is 559. The molecule has 4 nitrogen and oxygen atoms in total. The summed E-state index contributed by atoms with van der Waals surface area (Å²) in [5, 5.41) is 0. The van der Waals surface area contributed by atoms with Crippen LogP contribution in [0.3, 0.4) is 0 Å². The van der Waals surface area contributed by atoms with Gasteiger partial charge in [0.1, 0.15) is 5.75 Å². The molecule has 1 aromatic carbocycles. The smallest absolute Gasteiger partial charge is 0.164 e. The second kappa shape index (κ2) is 4.39. The summed E-state index contributed by atoms with van der Waals surface area (Å²) in [4.78, 5) is 12.1. The summed E-state index contributed by atoms with van der Waals surface area (Å²) in [7, 11) is -1.93. The minimum atomic E-state index is -3.48. The van der Waals surface area contributed by atoms with E-state index in [0.717, 1.165) is 6.26 Å². The monoisotopic (exact) mass is 268 g/mol. The van der Waals surface area contributed by atoms with Crippen LogP contribution in [0.5, 0.6) is 5.75 Å². The Kier molecular flexibility index (Phi) is 3.19. The normalized spacial score (nSPS) is 24.2. The van der Waals surface area contributed by atoms with Crippen molar-refractivity contribution in [2.24, 2.45) is 0 Å². The lowest BCUT2D eigenvalue weighted by molar-refractivity contribution is -0.119. The van der Waals surface area contributed by atoms with Crippen LogP contribution in [-0.2, 0) is 19.4 Å². The fraction of sp³-hybridized carbons (Fsp3) is 0.462. The number of carbonyl (C=O) groups excluding carboxylic acids is 1. The Morgan fingerprint density at radius 2 is 1.83 bits per heavy atom. The third kappa shape index (κ3) is 1.82. The molecule has 0 aliphatic heterocycles. The van der Waals surface area contributed by atoms with E-state index in [9.17, 15) is 13.2 Å². The molecule has 0 saturated heterocycles. The molecule has 1 unspecified atom stereocenters. The maximum absolute atomic E-state index is 12.1.